The van der Waals surface area contributed by atoms with Crippen molar-refractivity contribution in [3.63, 3.8) is 0 Å². The molecule has 5 rings (SSSR count). The van der Waals surface area contributed by atoms with E-state index in [4.69, 9.17) is 4.42 Å². The van der Waals surface area contributed by atoms with E-state index < -0.39 is 0 Å². The summed E-state index contributed by atoms with van der Waals surface area (Å²) in [4.78, 5) is 36.4. The Morgan fingerprint density at radius 3 is 2.75 bits per heavy atom. The fourth-order valence-corrected chi connectivity index (χ4v) is 4.15. The molecule has 8 nitrogen and oxygen atoms in total. The van der Waals surface area contributed by atoms with E-state index in [2.05, 4.69) is 15.3 Å². The number of fused-ring (bicyclic) bond motifs is 2. The number of hydrogen-bond acceptors (Lipinski definition) is 5. The lowest BCUT2D eigenvalue weighted by molar-refractivity contribution is 0.0606. The molecule has 8 heteroatoms. The maximum atomic E-state index is 13.3. The van der Waals surface area contributed by atoms with Gasteiger partial charge in [-0.05, 0) is 32.0 Å². The molecule has 1 aromatic carbocycles. The molecule has 0 saturated carbocycles. The van der Waals surface area contributed by atoms with Crippen LogP contribution in [0.3, 0.4) is 0 Å². The van der Waals surface area contributed by atoms with Crippen molar-refractivity contribution >= 4 is 22.8 Å². The molecule has 0 saturated heterocycles. The summed E-state index contributed by atoms with van der Waals surface area (Å²) >= 11 is 0. The minimum atomic E-state index is -0.291. The molecule has 1 N–H and O–H groups in total. The number of nitrogens with zero attached hydrogens (tertiary/aromatic N) is 4. The van der Waals surface area contributed by atoms with Crippen molar-refractivity contribution in [2.75, 3.05) is 6.54 Å². The quantitative estimate of drug-likeness (QED) is 0.536. The Morgan fingerprint density at radius 1 is 1.16 bits per heavy atom. The van der Waals surface area contributed by atoms with Crippen molar-refractivity contribution in [1.29, 1.82) is 0 Å². The molecule has 1 unspecified atom stereocenters. The lowest BCUT2D eigenvalue weighted by Crippen LogP contribution is -2.41. The Labute approximate surface area is 184 Å². The number of rotatable bonds is 4. The third-order valence-corrected chi connectivity index (χ3v) is 5.92. The summed E-state index contributed by atoms with van der Waals surface area (Å²) in [6.45, 7) is 5.22. The number of carbonyl (C=O) groups excluding carboxylic acids is 2. The standard InChI is InChI=1S/C24H23N5O3/c1-15-18-8-3-4-9-20(18)32-21(15)24(31)29-12-11-28-14-19(27-22(28)16(29)2)23(30)26-13-17-7-5-6-10-25-17/h3-10,14,16H,11-13H2,1-2H3,(H,26,30). The number of para-hydroxylation sites is 1. The normalized spacial score (nSPS) is 15.6. The van der Waals surface area contributed by atoms with Gasteiger partial charge in [0.15, 0.2) is 5.76 Å². The van der Waals surface area contributed by atoms with Crippen molar-refractivity contribution in [3.8, 4) is 0 Å². The number of carbonyl (C=O) groups is 2. The van der Waals surface area contributed by atoms with Gasteiger partial charge in [0.1, 0.15) is 17.1 Å². The fraction of sp³-hybridized carbons (Fsp3) is 0.250. The second-order valence-corrected chi connectivity index (χ2v) is 7.91. The van der Waals surface area contributed by atoms with Crippen molar-refractivity contribution in [1.82, 2.24) is 24.8 Å². The highest BCUT2D eigenvalue weighted by Gasteiger charge is 2.33. The van der Waals surface area contributed by atoms with Gasteiger partial charge in [0.2, 0.25) is 0 Å². The Bertz CT molecular complexity index is 1310. The Hall–Kier alpha value is -3.94. The van der Waals surface area contributed by atoms with Crippen LogP contribution in [-0.4, -0.2) is 37.8 Å². The highest BCUT2D eigenvalue weighted by atomic mass is 16.3. The van der Waals surface area contributed by atoms with E-state index in [0.29, 0.717) is 42.5 Å². The van der Waals surface area contributed by atoms with Gasteiger partial charge in [-0.3, -0.25) is 14.6 Å². The first-order valence-electron chi connectivity index (χ1n) is 10.6. The molecular formula is C24H23N5O3. The van der Waals surface area contributed by atoms with E-state index in [-0.39, 0.29) is 17.9 Å². The number of benzene rings is 1. The van der Waals surface area contributed by atoms with Gasteiger partial charge < -0.3 is 19.2 Å². The zero-order valence-corrected chi connectivity index (χ0v) is 17.9. The predicted molar refractivity (Wildman–Crippen MR) is 118 cm³/mol. The highest BCUT2D eigenvalue weighted by Crippen LogP contribution is 2.30. The van der Waals surface area contributed by atoms with Crippen LogP contribution in [0.2, 0.25) is 0 Å². The molecule has 0 fully saturated rings. The van der Waals surface area contributed by atoms with Gasteiger partial charge in [-0.2, -0.15) is 0 Å². The summed E-state index contributed by atoms with van der Waals surface area (Å²) < 4.78 is 7.82. The Balaban J connectivity index is 1.34. The maximum absolute atomic E-state index is 13.3. The smallest absolute Gasteiger partial charge is 0.290 e. The first-order chi connectivity index (χ1) is 15.5. The molecule has 3 aromatic heterocycles. The first kappa shape index (κ1) is 20.0. The van der Waals surface area contributed by atoms with Gasteiger partial charge in [-0.25, -0.2) is 4.98 Å². The number of amides is 2. The zero-order valence-electron chi connectivity index (χ0n) is 17.9. The van der Waals surface area contributed by atoms with Gasteiger partial charge in [-0.15, -0.1) is 0 Å². The molecule has 162 valence electrons. The van der Waals surface area contributed by atoms with Gasteiger partial charge >= 0.3 is 0 Å². The van der Waals surface area contributed by atoms with Gasteiger partial charge in [-0.1, -0.05) is 24.3 Å². The molecule has 1 aliphatic heterocycles. The van der Waals surface area contributed by atoms with E-state index in [9.17, 15) is 9.59 Å². The van der Waals surface area contributed by atoms with Crippen molar-refractivity contribution in [2.24, 2.45) is 0 Å². The molecule has 4 heterocycles. The summed E-state index contributed by atoms with van der Waals surface area (Å²) in [5, 5.41) is 3.79. The third-order valence-electron chi connectivity index (χ3n) is 5.92. The van der Waals surface area contributed by atoms with Crippen LogP contribution in [0.5, 0.6) is 0 Å². The molecule has 4 aromatic rings. The molecule has 32 heavy (non-hydrogen) atoms. The third kappa shape index (κ3) is 3.43. The molecule has 1 atom stereocenters. The molecule has 2 amide bonds. The van der Waals surface area contributed by atoms with E-state index in [1.54, 1.807) is 17.3 Å². The van der Waals surface area contributed by atoms with Crippen LogP contribution in [-0.2, 0) is 13.1 Å². The number of aryl methyl sites for hydroxylation is 1. The van der Waals surface area contributed by atoms with E-state index in [0.717, 1.165) is 16.6 Å². The number of furan rings is 1. The minimum Gasteiger partial charge on any atom is -0.451 e. The summed E-state index contributed by atoms with van der Waals surface area (Å²) in [7, 11) is 0. The topological polar surface area (TPSA) is 93.3 Å². The zero-order chi connectivity index (χ0) is 22.2. The summed E-state index contributed by atoms with van der Waals surface area (Å²) in [5.74, 6) is 0.602. The van der Waals surface area contributed by atoms with E-state index in [1.165, 1.54) is 0 Å². The van der Waals surface area contributed by atoms with Gasteiger partial charge in [0.25, 0.3) is 11.8 Å². The number of nitrogens with one attached hydrogen (secondary N) is 1. The molecule has 1 aliphatic rings. The largest absolute Gasteiger partial charge is 0.451 e. The van der Waals surface area contributed by atoms with Crippen molar-refractivity contribution < 1.29 is 14.0 Å². The summed E-state index contributed by atoms with van der Waals surface area (Å²) in [5.41, 5.74) is 2.64. The predicted octanol–water partition coefficient (Wildman–Crippen LogP) is 3.48. The van der Waals surface area contributed by atoms with Crippen LogP contribution in [0.1, 0.15) is 51.1 Å². The lowest BCUT2D eigenvalue weighted by Gasteiger charge is -2.33. The monoisotopic (exact) mass is 429 g/mol. The molecule has 0 bridgehead atoms. The van der Waals surface area contributed by atoms with Crippen LogP contribution >= 0.6 is 0 Å². The summed E-state index contributed by atoms with van der Waals surface area (Å²) in [6.07, 6.45) is 3.43. The van der Waals surface area contributed by atoms with Gasteiger partial charge in [0, 0.05) is 36.4 Å². The second-order valence-electron chi connectivity index (χ2n) is 7.91. The SMILES string of the molecule is Cc1c(C(=O)N2CCn3cc(C(=O)NCc4ccccn4)nc3C2C)oc2ccccc12. The molecule has 0 aliphatic carbocycles. The average Bonchev–Trinajstić information content (AvgIpc) is 3.40. The average molecular weight is 429 g/mol. The first-order valence-corrected chi connectivity index (χ1v) is 10.6. The van der Waals surface area contributed by atoms with Crippen molar-refractivity contribution in [3.05, 3.63) is 83.4 Å². The van der Waals surface area contributed by atoms with Crippen LogP contribution in [0.25, 0.3) is 11.0 Å². The number of imidazole rings is 1. The highest BCUT2D eigenvalue weighted by molar-refractivity contribution is 5.99. The number of pyridine rings is 1. The fourth-order valence-electron chi connectivity index (χ4n) is 4.15. The van der Waals surface area contributed by atoms with Crippen LogP contribution < -0.4 is 5.32 Å². The Kier molecular flexibility index (Phi) is 4.97. The Morgan fingerprint density at radius 2 is 1.97 bits per heavy atom. The molecular weight excluding hydrogens is 406 g/mol. The molecule has 0 spiro atoms. The maximum Gasteiger partial charge on any atom is 0.290 e. The second kappa shape index (κ2) is 7.96. The van der Waals surface area contributed by atoms with E-state index >= 15 is 0 Å². The number of aromatic nitrogens is 3. The lowest BCUT2D eigenvalue weighted by atomic mass is 10.1. The van der Waals surface area contributed by atoms with Crippen LogP contribution in [0, 0.1) is 6.92 Å². The van der Waals surface area contributed by atoms with E-state index in [1.807, 2.05) is 60.9 Å². The summed E-state index contributed by atoms with van der Waals surface area (Å²) in [6, 6.07) is 12.9. The van der Waals surface area contributed by atoms with Crippen LogP contribution in [0.15, 0.2) is 59.3 Å². The number of hydrogen-bond donors (Lipinski definition) is 1. The molecule has 0 radical (unpaired) electrons. The van der Waals surface area contributed by atoms with Crippen molar-refractivity contribution in [2.45, 2.75) is 33.0 Å². The minimum absolute atomic E-state index is 0.165. The van der Waals surface area contributed by atoms with Crippen LogP contribution in [0.4, 0.5) is 0 Å². The van der Waals surface area contributed by atoms with Gasteiger partial charge in [0.05, 0.1) is 18.3 Å².